The van der Waals surface area contributed by atoms with Crippen LogP contribution in [-0.4, -0.2) is 37.6 Å². The first-order valence-electron chi connectivity index (χ1n) is 7.68. The second kappa shape index (κ2) is 5.52. The van der Waals surface area contributed by atoms with Gasteiger partial charge in [0.1, 0.15) is 12.1 Å². The number of carboxylic acid groups (broad SMARTS) is 1. The van der Waals surface area contributed by atoms with Gasteiger partial charge in [-0.1, -0.05) is 0 Å². The Bertz CT molecular complexity index is 935. The fourth-order valence-corrected chi connectivity index (χ4v) is 3.01. The number of aryl methyl sites for hydroxylation is 1. The number of hydrogen-bond acceptors (Lipinski definition) is 4. The van der Waals surface area contributed by atoms with Crippen molar-refractivity contribution in [1.82, 2.24) is 19.9 Å². The van der Waals surface area contributed by atoms with Crippen molar-refractivity contribution in [2.24, 2.45) is 0 Å². The summed E-state index contributed by atoms with van der Waals surface area (Å²) in [5, 5.41) is 10.2. The Balaban J connectivity index is 1.65. The van der Waals surface area contributed by atoms with Gasteiger partial charge in [0.05, 0.1) is 12.2 Å². The monoisotopic (exact) mass is 324 g/mol. The molecule has 2 N–H and O–H groups in total. The number of H-pyrrole nitrogens is 1. The number of nitrogens with zero attached hydrogens (tertiary/aromatic N) is 3. The molecule has 24 heavy (non-hydrogen) atoms. The summed E-state index contributed by atoms with van der Waals surface area (Å²) in [5.41, 5.74) is 3.73. The number of rotatable bonds is 2. The summed E-state index contributed by atoms with van der Waals surface area (Å²) in [6.07, 6.45) is 1.02. The number of fused-ring (bicyclic) bond motifs is 2. The van der Waals surface area contributed by atoms with Gasteiger partial charge in [-0.25, -0.2) is 14.8 Å². The zero-order valence-electron chi connectivity index (χ0n) is 13.1. The van der Waals surface area contributed by atoms with Gasteiger partial charge < -0.3 is 19.7 Å². The maximum atomic E-state index is 11.1. The van der Waals surface area contributed by atoms with Crippen molar-refractivity contribution < 1.29 is 14.6 Å². The van der Waals surface area contributed by atoms with Gasteiger partial charge in [-0.15, -0.1) is 0 Å². The number of hydrogen-bond donors (Lipinski definition) is 2. The van der Waals surface area contributed by atoms with Crippen molar-refractivity contribution in [3.05, 3.63) is 47.5 Å². The van der Waals surface area contributed by atoms with Crippen molar-refractivity contribution in [2.75, 3.05) is 6.54 Å². The third kappa shape index (κ3) is 2.54. The molecule has 0 fully saturated rings. The van der Waals surface area contributed by atoms with Crippen LogP contribution in [0, 0.1) is 6.92 Å². The molecule has 122 valence electrons. The molecule has 0 bridgehead atoms. The van der Waals surface area contributed by atoms with Crippen LogP contribution in [-0.2, 0) is 13.0 Å². The molecule has 1 aliphatic rings. The van der Waals surface area contributed by atoms with E-state index in [0.29, 0.717) is 30.3 Å². The molecule has 0 atom stereocenters. The molecule has 1 aromatic carbocycles. The molecule has 7 heteroatoms. The molecule has 1 aliphatic heterocycles. The summed E-state index contributed by atoms with van der Waals surface area (Å²) in [6, 6.07) is 7.87. The van der Waals surface area contributed by atoms with Crippen LogP contribution in [0.5, 0.6) is 11.6 Å². The van der Waals surface area contributed by atoms with Crippen LogP contribution in [0.2, 0.25) is 0 Å². The predicted molar refractivity (Wildman–Crippen MR) is 87.3 cm³/mol. The molecule has 0 saturated heterocycles. The van der Waals surface area contributed by atoms with Crippen LogP contribution in [0.15, 0.2) is 30.6 Å². The number of amides is 1. The van der Waals surface area contributed by atoms with E-state index in [4.69, 9.17) is 9.84 Å². The van der Waals surface area contributed by atoms with Crippen molar-refractivity contribution in [1.29, 1.82) is 0 Å². The lowest BCUT2D eigenvalue weighted by atomic mass is 10.1. The van der Waals surface area contributed by atoms with Gasteiger partial charge in [0.2, 0.25) is 5.88 Å². The molecule has 0 spiro atoms. The molecule has 3 aromatic rings. The van der Waals surface area contributed by atoms with Crippen LogP contribution in [0.4, 0.5) is 4.79 Å². The van der Waals surface area contributed by atoms with Gasteiger partial charge in [-0.05, 0) is 37.6 Å². The zero-order valence-corrected chi connectivity index (χ0v) is 13.1. The molecule has 1 amide bonds. The van der Waals surface area contributed by atoms with Crippen molar-refractivity contribution in [2.45, 2.75) is 19.9 Å². The minimum atomic E-state index is -0.935. The second-order valence-corrected chi connectivity index (χ2v) is 5.86. The Labute approximate surface area is 137 Å². The van der Waals surface area contributed by atoms with Crippen LogP contribution in [0.25, 0.3) is 10.9 Å². The Morgan fingerprint density at radius 2 is 2.21 bits per heavy atom. The summed E-state index contributed by atoms with van der Waals surface area (Å²) in [4.78, 5) is 24.2. The minimum Gasteiger partial charge on any atom is -0.465 e. The highest BCUT2D eigenvalue weighted by Crippen LogP contribution is 2.30. The molecule has 0 aliphatic carbocycles. The second-order valence-electron chi connectivity index (χ2n) is 5.86. The van der Waals surface area contributed by atoms with E-state index < -0.39 is 6.09 Å². The van der Waals surface area contributed by atoms with E-state index in [1.54, 1.807) is 0 Å². The van der Waals surface area contributed by atoms with E-state index in [1.807, 2.05) is 25.1 Å². The van der Waals surface area contributed by atoms with Gasteiger partial charge in [0.25, 0.3) is 0 Å². The fraction of sp³-hybridized carbons (Fsp3) is 0.235. The van der Waals surface area contributed by atoms with E-state index in [0.717, 1.165) is 22.2 Å². The topological polar surface area (TPSA) is 91.3 Å². The maximum absolute atomic E-state index is 11.1. The summed E-state index contributed by atoms with van der Waals surface area (Å²) < 4.78 is 5.96. The van der Waals surface area contributed by atoms with Gasteiger partial charge in [-0.2, -0.15) is 0 Å². The van der Waals surface area contributed by atoms with Crippen LogP contribution >= 0.6 is 0 Å². The van der Waals surface area contributed by atoms with Crippen LogP contribution in [0.3, 0.4) is 0 Å². The van der Waals surface area contributed by atoms with Gasteiger partial charge in [0, 0.05) is 28.7 Å². The number of benzene rings is 1. The first kappa shape index (κ1) is 14.5. The fourth-order valence-electron chi connectivity index (χ4n) is 3.01. The molecule has 0 saturated carbocycles. The largest absolute Gasteiger partial charge is 0.465 e. The highest BCUT2D eigenvalue weighted by Gasteiger charge is 2.24. The number of ether oxygens (including phenoxy) is 1. The lowest BCUT2D eigenvalue weighted by molar-refractivity contribution is 0.138. The zero-order chi connectivity index (χ0) is 16.7. The third-order valence-electron chi connectivity index (χ3n) is 4.18. The Morgan fingerprint density at radius 3 is 3.04 bits per heavy atom. The molecular weight excluding hydrogens is 308 g/mol. The van der Waals surface area contributed by atoms with Crippen molar-refractivity contribution in [3.8, 4) is 11.6 Å². The number of aromatic amines is 1. The van der Waals surface area contributed by atoms with Gasteiger partial charge in [0.15, 0.2) is 0 Å². The van der Waals surface area contributed by atoms with E-state index in [-0.39, 0.29) is 6.54 Å². The van der Waals surface area contributed by atoms with E-state index >= 15 is 0 Å². The summed E-state index contributed by atoms with van der Waals surface area (Å²) in [6.45, 7) is 2.69. The van der Waals surface area contributed by atoms with Crippen molar-refractivity contribution in [3.63, 3.8) is 0 Å². The highest BCUT2D eigenvalue weighted by molar-refractivity contribution is 5.81. The van der Waals surface area contributed by atoms with E-state index in [2.05, 4.69) is 21.0 Å². The predicted octanol–water partition coefficient (Wildman–Crippen LogP) is 3.09. The molecule has 7 nitrogen and oxygen atoms in total. The van der Waals surface area contributed by atoms with Crippen LogP contribution in [0.1, 0.15) is 17.0 Å². The molecule has 0 unspecified atom stereocenters. The van der Waals surface area contributed by atoms with Gasteiger partial charge >= 0.3 is 6.09 Å². The third-order valence-corrected chi connectivity index (χ3v) is 4.18. The smallest absolute Gasteiger partial charge is 0.407 e. The van der Waals surface area contributed by atoms with E-state index in [9.17, 15) is 4.79 Å². The first-order chi connectivity index (χ1) is 11.6. The summed E-state index contributed by atoms with van der Waals surface area (Å²) >= 11 is 0. The maximum Gasteiger partial charge on any atom is 0.407 e. The van der Waals surface area contributed by atoms with E-state index in [1.165, 1.54) is 11.2 Å². The number of nitrogens with one attached hydrogen (secondary N) is 1. The SMILES string of the molecule is Cc1cc2cc(Oc3ncnc4c3CCN(C(=O)O)C4)ccc2[nH]1. The normalized spacial score (nSPS) is 13.8. The quantitative estimate of drug-likeness (QED) is 0.756. The Morgan fingerprint density at radius 1 is 1.33 bits per heavy atom. The molecule has 0 radical (unpaired) electrons. The lowest BCUT2D eigenvalue weighted by Gasteiger charge is -2.26. The molecule has 2 aromatic heterocycles. The minimum absolute atomic E-state index is 0.263. The summed E-state index contributed by atoms with van der Waals surface area (Å²) in [5.74, 6) is 1.19. The first-order valence-corrected chi connectivity index (χ1v) is 7.68. The Kier molecular flexibility index (Phi) is 3.34. The highest BCUT2D eigenvalue weighted by atomic mass is 16.5. The molecular formula is C17H16N4O3. The summed E-state index contributed by atoms with van der Waals surface area (Å²) in [7, 11) is 0. The standard InChI is InChI=1S/C17H16N4O3/c1-10-6-11-7-12(2-3-14(11)20-10)24-16-13-4-5-21(17(22)23)8-15(13)18-9-19-16/h2-3,6-7,9,20H,4-5,8H2,1H3,(H,22,23). The average molecular weight is 324 g/mol. The van der Waals surface area contributed by atoms with Crippen molar-refractivity contribution >= 4 is 17.0 Å². The average Bonchev–Trinajstić information content (AvgIpc) is 2.94. The number of aromatic nitrogens is 3. The van der Waals surface area contributed by atoms with Gasteiger partial charge in [-0.3, -0.25) is 0 Å². The number of carbonyl (C=O) groups is 1. The van der Waals surface area contributed by atoms with Crippen LogP contribution < -0.4 is 4.74 Å². The Hall–Kier alpha value is -3.09. The molecule has 4 rings (SSSR count). The lowest BCUT2D eigenvalue weighted by Crippen LogP contribution is -2.35. The molecule has 3 heterocycles.